The number of hydrogen-bond donors (Lipinski definition) is 1. The predicted octanol–water partition coefficient (Wildman–Crippen LogP) is 4.98. The first-order valence-electron chi connectivity index (χ1n) is 9.90. The summed E-state index contributed by atoms with van der Waals surface area (Å²) in [7, 11) is 3.34. The van der Waals surface area contributed by atoms with Crippen molar-refractivity contribution in [3.63, 3.8) is 0 Å². The van der Waals surface area contributed by atoms with Crippen LogP contribution < -0.4 is 14.8 Å². The normalized spacial score (nSPS) is 15.4. The molecule has 0 amide bonds. The highest BCUT2D eigenvalue weighted by Crippen LogP contribution is 2.29. The summed E-state index contributed by atoms with van der Waals surface area (Å²) < 4.78 is 10.8. The minimum Gasteiger partial charge on any atom is -0.493 e. The van der Waals surface area contributed by atoms with Crippen molar-refractivity contribution in [2.45, 2.75) is 25.4 Å². The first kappa shape index (κ1) is 19.8. The van der Waals surface area contributed by atoms with Crippen LogP contribution >= 0.6 is 11.6 Å². The Hall–Kier alpha value is -2.50. The zero-order valence-corrected chi connectivity index (χ0v) is 17.6. The molecule has 5 nitrogen and oxygen atoms in total. The van der Waals surface area contributed by atoms with Gasteiger partial charge in [0.05, 0.1) is 19.7 Å². The Bertz CT molecular complexity index is 987. The lowest BCUT2D eigenvalue weighted by atomic mass is 10.0. The first-order chi connectivity index (χ1) is 14.2. The van der Waals surface area contributed by atoms with Gasteiger partial charge in [0.15, 0.2) is 11.5 Å². The van der Waals surface area contributed by atoms with Crippen molar-refractivity contribution >= 4 is 28.2 Å². The van der Waals surface area contributed by atoms with Crippen molar-refractivity contribution in [1.82, 2.24) is 9.88 Å². The van der Waals surface area contributed by atoms with Gasteiger partial charge >= 0.3 is 0 Å². The number of fused-ring (bicyclic) bond motifs is 1. The van der Waals surface area contributed by atoms with Crippen LogP contribution in [0.15, 0.2) is 48.7 Å². The van der Waals surface area contributed by atoms with Crippen LogP contribution in [0.5, 0.6) is 11.5 Å². The summed E-state index contributed by atoms with van der Waals surface area (Å²) in [5, 5.41) is 5.54. The molecule has 1 N–H and O–H groups in total. The second kappa shape index (κ2) is 8.89. The minimum atomic E-state index is 0.456. The van der Waals surface area contributed by atoms with Gasteiger partial charge in [-0.25, -0.2) is 0 Å². The molecule has 4 rings (SSSR count). The fourth-order valence-corrected chi connectivity index (χ4v) is 4.11. The van der Waals surface area contributed by atoms with Crippen molar-refractivity contribution in [2.75, 3.05) is 32.6 Å². The number of halogens is 1. The lowest BCUT2D eigenvalue weighted by Gasteiger charge is -2.33. The summed E-state index contributed by atoms with van der Waals surface area (Å²) in [4.78, 5) is 6.92. The Morgan fingerprint density at radius 2 is 1.83 bits per heavy atom. The third-order valence-corrected chi connectivity index (χ3v) is 5.74. The number of benzene rings is 2. The van der Waals surface area contributed by atoms with Crippen LogP contribution in [-0.4, -0.2) is 43.2 Å². The van der Waals surface area contributed by atoms with E-state index >= 15 is 0 Å². The van der Waals surface area contributed by atoms with Gasteiger partial charge < -0.3 is 14.8 Å². The smallest absolute Gasteiger partial charge is 0.161 e. The second-order valence-electron chi connectivity index (χ2n) is 7.40. The molecule has 0 saturated carbocycles. The summed E-state index contributed by atoms with van der Waals surface area (Å²) in [6.45, 7) is 3.03. The Balaban J connectivity index is 1.37. The molecular formula is C23H26ClN3O2. The largest absolute Gasteiger partial charge is 0.493 e. The highest BCUT2D eigenvalue weighted by Gasteiger charge is 2.20. The van der Waals surface area contributed by atoms with E-state index in [1.807, 2.05) is 36.5 Å². The number of hydrogen-bond acceptors (Lipinski definition) is 5. The maximum atomic E-state index is 6.10. The van der Waals surface area contributed by atoms with Crippen molar-refractivity contribution < 1.29 is 9.47 Å². The fourth-order valence-electron chi connectivity index (χ4n) is 3.94. The molecule has 1 aliphatic heterocycles. The monoisotopic (exact) mass is 411 g/mol. The van der Waals surface area contributed by atoms with Gasteiger partial charge in [0.2, 0.25) is 0 Å². The van der Waals surface area contributed by atoms with Crippen LogP contribution in [0.1, 0.15) is 18.4 Å². The molecule has 152 valence electrons. The maximum Gasteiger partial charge on any atom is 0.161 e. The third kappa shape index (κ3) is 4.57. The molecule has 2 aromatic carbocycles. The van der Waals surface area contributed by atoms with Crippen LogP contribution in [0.3, 0.4) is 0 Å². The lowest BCUT2D eigenvalue weighted by molar-refractivity contribution is 0.211. The molecule has 1 saturated heterocycles. The Labute approximate surface area is 176 Å². The van der Waals surface area contributed by atoms with Gasteiger partial charge in [0.25, 0.3) is 0 Å². The van der Waals surface area contributed by atoms with Gasteiger partial charge in [-0.05, 0) is 54.8 Å². The van der Waals surface area contributed by atoms with Crippen LogP contribution in [0.25, 0.3) is 10.9 Å². The van der Waals surface area contributed by atoms with Crippen molar-refractivity contribution in [3.8, 4) is 11.5 Å². The van der Waals surface area contributed by atoms with Crippen LogP contribution in [0, 0.1) is 0 Å². The Morgan fingerprint density at radius 1 is 1.03 bits per heavy atom. The number of nitrogens with one attached hydrogen (secondary N) is 1. The summed E-state index contributed by atoms with van der Waals surface area (Å²) in [5.41, 5.74) is 3.30. The van der Waals surface area contributed by atoms with E-state index in [4.69, 9.17) is 21.1 Å². The number of anilines is 1. The Morgan fingerprint density at radius 3 is 2.59 bits per heavy atom. The molecule has 0 radical (unpaired) electrons. The molecule has 2 heterocycles. The number of rotatable bonds is 6. The summed E-state index contributed by atoms with van der Waals surface area (Å²) in [6.07, 6.45) is 4.04. The van der Waals surface area contributed by atoms with Gasteiger partial charge in [-0.1, -0.05) is 17.7 Å². The number of pyridine rings is 1. The highest BCUT2D eigenvalue weighted by molar-refractivity contribution is 6.31. The lowest BCUT2D eigenvalue weighted by Crippen LogP contribution is -2.38. The molecule has 6 heteroatoms. The van der Waals surface area contributed by atoms with Gasteiger partial charge in [0, 0.05) is 48.0 Å². The minimum absolute atomic E-state index is 0.456. The quantitative estimate of drug-likeness (QED) is 0.619. The van der Waals surface area contributed by atoms with E-state index in [9.17, 15) is 0 Å². The number of aromatic nitrogens is 1. The standard InChI is InChI=1S/C23H26ClN3O2/c1-28-22-6-3-16(13-23(22)29-2)15-27-11-8-18(9-12-27)26-20-7-10-25-21-14-17(24)4-5-19(20)21/h3-7,10,13-14,18H,8-9,11-12,15H2,1-2H3,(H,25,26). The second-order valence-corrected chi connectivity index (χ2v) is 7.84. The van der Waals surface area contributed by atoms with E-state index in [2.05, 4.69) is 27.3 Å². The van der Waals surface area contributed by atoms with Gasteiger partial charge in [-0.15, -0.1) is 0 Å². The van der Waals surface area contributed by atoms with E-state index in [0.29, 0.717) is 11.1 Å². The summed E-state index contributed by atoms with van der Waals surface area (Å²) in [6, 6.07) is 14.5. The molecule has 0 atom stereocenters. The van der Waals surface area contributed by atoms with E-state index in [1.54, 1.807) is 14.2 Å². The molecule has 0 spiro atoms. The molecule has 29 heavy (non-hydrogen) atoms. The van der Waals surface area contributed by atoms with Crippen molar-refractivity contribution in [2.24, 2.45) is 0 Å². The molecule has 0 aliphatic carbocycles. The van der Waals surface area contributed by atoms with E-state index in [-0.39, 0.29) is 0 Å². The van der Waals surface area contributed by atoms with Crippen LogP contribution in [0.2, 0.25) is 5.02 Å². The average molecular weight is 412 g/mol. The number of nitrogens with zero attached hydrogens (tertiary/aromatic N) is 2. The van der Waals surface area contributed by atoms with Crippen LogP contribution in [-0.2, 0) is 6.54 Å². The van der Waals surface area contributed by atoms with E-state index in [1.165, 1.54) is 5.56 Å². The molecule has 3 aromatic rings. The van der Waals surface area contributed by atoms with Crippen molar-refractivity contribution in [3.05, 3.63) is 59.2 Å². The Kier molecular flexibility index (Phi) is 6.07. The topological polar surface area (TPSA) is 46.6 Å². The first-order valence-corrected chi connectivity index (χ1v) is 10.3. The highest BCUT2D eigenvalue weighted by atomic mass is 35.5. The molecule has 1 fully saturated rings. The van der Waals surface area contributed by atoms with E-state index in [0.717, 1.165) is 60.6 Å². The van der Waals surface area contributed by atoms with Gasteiger partial charge in [-0.2, -0.15) is 0 Å². The molecule has 1 aromatic heterocycles. The average Bonchev–Trinajstić information content (AvgIpc) is 2.75. The molecule has 0 unspecified atom stereocenters. The van der Waals surface area contributed by atoms with Crippen molar-refractivity contribution in [1.29, 1.82) is 0 Å². The molecular weight excluding hydrogens is 386 g/mol. The number of methoxy groups -OCH3 is 2. The third-order valence-electron chi connectivity index (χ3n) is 5.51. The zero-order valence-electron chi connectivity index (χ0n) is 16.8. The van der Waals surface area contributed by atoms with Crippen LogP contribution in [0.4, 0.5) is 5.69 Å². The SMILES string of the molecule is COc1ccc(CN2CCC(Nc3ccnc4cc(Cl)ccc34)CC2)cc1OC. The number of piperidine rings is 1. The predicted molar refractivity (Wildman–Crippen MR) is 118 cm³/mol. The fraction of sp³-hybridized carbons (Fsp3) is 0.348. The summed E-state index contributed by atoms with van der Waals surface area (Å²) >= 11 is 6.10. The van der Waals surface area contributed by atoms with Gasteiger partial charge in [0.1, 0.15) is 0 Å². The maximum absolute atomic E-state index is 6.10. The molecule has 0 bridgehead atoms. The van der Waals surface area contributed by atoms with Gasteiger partial charge in [-0.3, -0.25) is 9.88 Å². The number of likely N-dealkylation sites (tertiary alicyclic amines) is 1. The molecule has 1 aliphatic rings. The zero-order chi connectivity index (χ0) is 20.2. The van der Waals surface area contributed by atoms with E-state index < -0.39 is 0 Å². The number of ether oxygens (including phenoxy) is 2. The summed E-state index contributed by atoms with van der Waals surface area (Å²) in [5.74, 6) is 1.55.